The summed E-state index contributed by atoms with van der Waals surface area (Å²) in [5.74, 6) is 0.342. The summed E-state index contributed by atoms with van der Waals surface area (Å²) in [5.41, 5.74) is 0.293. The van der Waals surface area contributed by atoms with Gasteiger partial charge in [0, 0.05) is 18.3 Å². The molecule has 3 N–H and O–H groups in total. The van der Waals surface area contributed by atoms with Crippen LogP contribution >= 0.6 is 12.4 Å². The Hall–Kier alpha value is -1.33. The fourth-order valence-electron chi connectivity index (χ4n) is 2.27. The quantitative estimate of drug-likeness (QED) is 0.773. The van der Waals surface area contributed by atoms with Crippen molar-refractivity contribution in [1.29, 1.82) is 0 Å². The minimum atomic E-state index is -0.198. The number of amides is 1. The molecule has 6 heteroatoms. The lowest BCUT2D eigenvalue weighted by molar-refractivity contribution is 0.0921. The van der Waals surface area contributed by atoms with Crippen LogP contribution in [0.3, 0.4) is 0 Å². The summed E-state index contributed by atoms with van der Waals surface area (Å²) in [6.07, 6.45) is 3.74. The number of carbonyl (C=O) groups is 1. The lowest BCUT2D eigenvalue weighted by atomic mass is 9.92. The smallest absolute Gasteiger partial charge is 0.252 e. The standard InChI is InChI=1S/C13H19N3O2.ClH/c1-9(10-3-2-6-14-7-10)16-13(18)11-4-5-12(17)15-8-11;/h4-5,8-10,14H,2-3,6-7H2,1H3,(H,15,17)(H,16,18);1H. The molecule has 0 saturated carbocycles. The first-order valence-corrected chi connectivity index (χ1v) is 6.37. The predicted molar refractivity (Wildman–Crippen MR) is 76.8 cm³/mol. The first kappa shape index (κ1) is 15.7. The van der Waals surface area contributed by atoms with Crippen molar-refractivity contribution in [3.63, 3.8) is 0 Å². The first-order chi connectivity index (χ1) is 8.66. The number of pyridine rings is 1. The van der Waals surface area contributed by atoms with Gasteiger partial charge in [-0.15, -0.1) is 12.4 Å². The van der Waals surface area contributed by atoms with Crippen LogP contribution in [0.25, 0.3) is 0 Å². The molecule has 1 aromatic rings. The largest absolute Gasteiger partial charge is 0.349 e. The van der Waals surface area contributed by atoms with Gasteiger partial charge in [0.1, 0.15) is 0 Å². The van der Waals surface area contributed by atoms with Crippen LogP contribution in [0.15, 0.2) is 23.1 Å². The summed E-state index contributed by atoms with van der Waals surface area (Å²) in [4.78, 5) is 25.4. The zero-order valence-corrected chi connectivity index (χ0v) is 11.8. The summed E-state index contributed by atoms with van der Waals surface area (Å²) in [6.45, 7) is 4.05. The maximum Gasteiger partial charge on any atom is 0.252 e. The van der Waals surface area contributed by atoms with Crippen molar-refractivity contribution in [2.45, 2.75) is 25.8 Å². The third-order valence-electron chi connectivity index (χ3n) is 3.45. The molecule has 106 valence electrons. The van der Waals surface area contributed by atoms with E-state index in [1.54, 1.807) is 6.07 Å². The fraction of sp³-hybridized carbons (Fsp3) is 0.538. The number of aromatic nitrogens is 1. The van der Waals surface area contributed by atoms with Crippen LogP contribution in [0.1, 0.15) is 30.1 Å². The van der Waals surface area contributed by atoms with Gasteiger partial charge in [0.2, 0.25) is 5.56 Å². The Balaban J connectivity index is 0.00000180. The summed E-state index contributed by atoms with van der Waals surface area (Å²) >= 11 is 0. The number of aromatic amines is 1. The number of hydrogen-bond donors (Lipinski definition) is 3. The van der Waals surface area contributed by atoms with Crippen molar-refractivity contribution >= 4 is 18.3 Å². The van der Waals surface area contributed by atoms with E-state index in [0.717, 1.165) is 25.9 Å². The topological polar surface area (TPSA) is 74.0 Å². The van der Waals surface area contributed by atoms with Crippen molar-refractivity contribution < 1.29 is 4.79 Å². The van der Waals surface area contributed by atoms with Gasteiger partial charge in [-0.3, -0.25) is 9.59 Å². The van der Waals surface area contributed by atoms with Gasteiger partial charge in [-0.2, -0.15) is 0 Å². The number of carbonyl (C=O) groups excluding carboxylic acids is 1. The summed E-state index contributed by atoms with van der Waals surface area (Å²) < 4.78 is 0. The van der Waals surface area contributed by atoms with E-state index in [9.17, 15) is 9.59 Å². The molecule has 0 spiro atoms. The number of hydrogen-bond acceptors (Lipinski definition) is 3. The SMILES string of the molecule is CC(NC(=O)c1ccc(=O)[nH]c1)C1CCCNC1.Cl. The molecule has 2 unspecified atom stereocenters. The van der Waals surface area contributed by atoms with Gasteiger partial charge >= 0.3 is 0 Å². The second kappa shape index (κ2) is 7.31. The average molecular weight is 286 g/mol. The molecular weight excluding hydrogens is 266 g/mol. The van der Waals surface area contributed by atoms with E-state index < -0.39 is 0 Å². The molecule has 1 aromatic heterocycles. The van der Waals surface area contributed by atoms with Gasteiger partial charge < -0.3 is 15.6 Å². The molecule has 1 fully saturated rings. The zero-order chi connectivity index (χ0) is 13.0. The zero-order valence-electron chi connectivity index (χ0n) is 10.9. The first-order valence-electron chi connectivity index (χ1n) is 6.37. The molecule has 2 heterocycles. The van der Waals surface area contributed by atoms with Crippen LogP contribution in [-0.2, 0) is 0 Å². The lowest BCUT2D eigenvalue weighted by Gasteiger charge is -2.28. The van der Waals surface area contributed by atoms with Crippen molar-refractivity contribution in [3.8, 4) is 0 Å². The Morgan fingerprint density at radius 3 is 2.84 bits per heavy atom. The minimum Gasteiger partial charge on any atom is -0.349 e. The Bertz CT molecular complexity index is 449. The molecule has 1 aliphatic rings. The molecule has 2 rings (SSSR count). The molecule has 1 saturated heterocycles. The molecule has 1 aliphatic heterocycles. The maximum absolute atomic E-state index is 12.0. The number of rotatable bonds is 3. The second-order valence-corrected chi connectivity index (χ2v) is 4.81. The molecule has 5 nitrogen and oxygen atoms in total. The second-order valence-electron chi connectivity index (χ2n) is 4.81. The Labute approximate surface area is 118 Å². The average Bonchev–Trinajstić information content (AvgIpc) is 2.40. The molecule has 19 heavy (non-hydrogen) atoms. The van der Waals surface area contributed by atoms with Crippen LogP contribution in [0.5, 0.6) is 0 Å². The van der Waals surface area contributed by atoms with E-state index in [2.05, 4.69) is 15.6 Å². The highest BCUT2D eigenvalue weighted by molar-refractivity contribution is 5.93. The molecule has 2 atom stereocenters. The fourth-order valence-corrected chi connectivity index (χ4v) is 2.27. The van der Waals surface area contributed by atoms with Crippen LogP contribution in [0.2, 0.25) is 0 Å². The lowest BCUT2D eigenvalue weighted by Crippen LogP contribution is -2.44. The van der Waals surface area contributed by atoms with E-state index >= 15 is 0 Å². The molecule has 0 bridgehead atoms. The van der Waals surface area contributed by atoms with Crippen LogP contribution in [0.4, 0.5) is 0 Å². The number of piperidine rings is 1. The van der Waals surface area contributed by atoms with Crippen LogP contribution < -0.4 is 16.2 Å². The predicted octanol–water partition coefficient (Wildman–Crippen LogP) is 0.915. The van der Waals surface area contributed by atoms with Crippen LogP contribution in [-0.4, -0.2) is 30.0 Å². The monoisotopic (exact) mass is 285 g/mol. The Morgan fingerprint density at radius 2 is 2.26 bits per heavy atom. The third kappa shape index (κ3) is 4.36. The molecular formula is C13H20ClN3O2. The van der Waals surface area contributed by atoms with Crippen molar-refractivity contribution in [2.24, 2.45) is 5.92 Å². The molecule has 0 aromatic carbocycles. The normalized spacial score (nSPS) is 20.2. The van der Waals surface area contributed by atoms with Crippen molar-refractivity contribution in [1.82, 2.24) is 15.6 Å². The van der Waals surface area contributed by atoms with Crippen molar-refractivity contribution in [2.75, 3.05) is 13.1 Å². The van der Waals surface area contributed by atoms with Gasteiger partial charge in [0.25, 0.3) is 5.91 Å². The maximum atomic E-state index is 12.0. The molecule has 0 aliphatic carbocycles. The summed E-state index contributed by atoms with van der Waals surface area (Å²) in [5, 5.41) is 6.32. The highest BCUT2D eigenvalue weighted by Gasteiger charge is 2.21. The molecule has 0 radical (unpaired) electrons. The number of nitrogens with one attached hydrogen (secondary N) is 3. The van der Waals surface area contributed by atoms with Gasteiger partial charge in [-0.05, 0) is 44.8 Å². The van der Waals surface area contributed by atoms with E-state index in [1.165, 1.54) is 12.3 Å². The third-order valence-corrected chi connectivity index (χ3v) is 3.45. The molecule has 1 amide bonds. The van der Waals surface area contributed by atoms with Gasteiger partial charge in [-0.25, -0.2) is 0 Å². The van der Waals surface area contributed by atoms with E-state index in [4.69, 9.17) is 0 Å². The highest BCUT2D eigenvalue weighted by Crippen LogP contribution is 2.14. The number of H-pyrrole nitrogens is 1. The summed E-state index contributed by atoms with van der Waals surface area (Å²) in [6, 6.07) is 3.04. The van der Waals surface area contributed by atoms with Crippen LogP contribution in [0, 0.1) is 5.92 Å². The van der Waals surface area contributed by atoms with Gasteiger partial charge in [0.15, 0.2) is 0 Å². The highest BCUT2D eigenvalue weighted by atomic mass is 35.5. The van der Waals surface area contributed by atoms with Crippen molar-refractivity contribution in [3.05, 3.63) is 34.2 Å². The number of halogens is 1. The van der Waals surface area contributed by atoms with Gasteiger partial charge in [0.05, 0.1) is 5.56 Å². The van der Waals surface area contributed by atoms with E-state index in [0.29, 0.717) is 11.5 Å². The van der Waals surface area contributed by atoms with Gasteiger partial charge in [-0.1, -0.05) is 0 Å². The Morgan fingerprint density at radius 1 is 1.47 bits per heavy atom. The minimum absolute atomic E-state index is 0. The van der Waals surface area contributed by atoms with E-state index in [-0.39, 0.29) is 29.9 Å². The van der Waals surface area contributed by atoms with E-state index in [1.807, 2.05) is 6.92 Å². The Kier molecular flexibility index (Phi) is 6.05. The summed E-state index contributed by atoms with van der Waals surface area (Å²) in [7, 11) is 0.